The van der Waals surface area contributed by atoms with Crippen LogP contribution in [0.2, 0.25) is 0 Å². The summed E-state index contributed by atoms with van der Waals surface area (Å²) in [4.78, 5) is 33.7. The lowest BCUT2D eigenvalue weighted by Gasteiger charge is -2.17. The van der Waals surface area contributed by atoms with Gasteiger partial charge in [-0.15, -0.1) is 11.3 Å². The SMILES string of the molecule is O=C(N[C@@H](Cc1c[nH]c2ccccc12)C(=O)Nc1nc(-c2ccc(Br)cc2)cs1)Oc1ccccc1. The van der Waals surface area contributed by atoms with E-state index in [1.54, 1.807) is 24.3 Å². The van der Waals surface area contributed by atoms with Crippen molar-refractivity contribution in [3.05, 3.63) is 100 Å². The number of carbonyl (C=O) groups is 2. The van der Waals surface area contributed by atoms with Crippen molar-refractivity contribution in [2.75, 3.05) is 5.32 Å². The van der Waals surface area contributed by atoms with Crippen LogP contribution in [0.1, 0.15) is 5.56 Å². The molecule has 0 aliphatic rings. The smallest absolute Gasteiger partial charge is 0.410 e. The lowest BCUT2D eigenvalue weighted by atomic mass is 10.0. The van der Waals surface area contributed by atoms with E-state index in [2.05, 4.69) is 36.5 Å². The minimum atomic E-state index is -0.888. The van der Waals surface area contributed by atoms with Crippen molar-refractivity contribution in [3.63, 3.8) is 0 Å². The Bertz CT molecular complexity index is 1500. The van der Waals surface area contributed by atoms with Crippen LogP contribution in [0.5, 0.6) is 5.75 Å². The number of ether oxygens (including phenoxy) is 1. The van der Waals surface area contributed by atoms with Gasteiger partial charge < -0.3 is 20.4 Å². The molecular formula is C27H21BrN4O3S. The van der Waals surface area contributed by atoms with E-state index in [-0.39, 0.29) is 12.3 Å². The predicted octanol–water partition coefficient (Wildman–Crippen LogP) is 6.39. The number of H-pyrrole nitrogens is 1. The van der Waals surface area contributed by atoms with Crippen LogP contribution < -0.4 is 15.4 Å². The van der Waals surface area contributed by atoms with E-state index < -0.39 is 12.1 Å². The summed E-state index contributed by atoms with van der Waals surface area (Å²) in [6.45, 7) is 0. The molecule has 5 aromatic rings. The number of aromatic amines is 1. The maximum absolute atomic E-state index is 13.3. The molecule has 3 aromatic carbocycles. The van der Waals surface area contributed by atoms with Gasteiger partial charge in [0.05, 0.1) is 5.69 Å². The number of halogens is 1. The second-order valence-corrected chi connectivity index (χ2v) is 9.77. The summed E-state index contributed by atoms with van der Waals surface area (Å²) in [5.74, 6) is 0.00214. The standard InChI is InChI=1S/C27H21BrN4O3S/c28-19-12-10-17(11-13-19)24-16-36-26(30-24)32-25(33)23(31-27(34)35-20-6-2-1-3-7-20)14-18-15-29-22-9-5-4-8-21(18)22/h1-13,15-16,23,29H,14H2,(H,31,34)(H,30,32,33)/t23-/m0/s1. The largest absolute Gasteiger partial charge is 0.413 e. The van der Waals surface area contributed by atoms with E-state index in [0.717, 1.165) is 32.2 Å². The van der Waals surface area contributed by atoms with Crippen LogP contribution in [-0.4, -0.2) is 28.0 Å². The number of anilines is 1. The summed E-state index contributed by atoms with van der Waals surface area (Å²) >= 11 is 4.75. The third kappa shape index (κ3) is 5.64. The Kier molecular flexibility index (Phi) is 7.11. The molecule has 2 aromatic heterocycles. The van der Waals surface area contributed by atoms with E-state index in [9.17, 15) is 9.59 Å². The topological polar surface area (TPSA) is 96.1 Å². The number of carbonyl (C=O) groups excluding carboxylic acids is 2. The first kappa shape index (κ1) is 23.8. The van der Waals surface area contributed by atoms with E-state index in [0.29, 0.717) is 10.9 Å². The predicted molar refractivity (Wildman–Crippen MR) is 145 cm³/mol. The Labute approximate surface area is 219 Å². The highest BCUT2D eigenvalue weighted by Gasteiger charge is 2.24. The molecule has 0 radical (unpaired) electrons. The number of hydrogen-bond donors (Lipinski definition) is 3. The van der Waals surface area contributed by atoms with Gasteiger partial charge in [0.25, 0.3) is 0 Å². The number of aromatic nitrogens is 2. The quantitative estimate of drug-likeness (QED) is 0.215. The molecule has 9 heteroatoms. The zero-order valence-corrected chi connectivity index (χ0v) is 21.3. The molecule has 7 nitrogen and oxygen atoms in total. The molecule has 5 rings (SSSR count). The third-order valence-corrected chi connectivity index (χ3v) is 6.82. The second-order valence-electron chi connectivity index (χ2n) is 8.00. The summed E-state index contributed by atoms with van der Waals surface area (Å²) in [6, 6.07) is 23.4. The van der Waals surface area contributed by atoms with E-state index >= 15 is 0 Å². The van der Waals surface area contributed by atoms with Gasteiger partial charge in [0.1, 0.15) is 11.8 Å². The van der Waals surface area contributed by atoms with E-state index in [1.807, 2.05) is 66.2 Å². The molecule has 1 atom stereocenters. The second kappa shape index (κ2) is 10.8. The molecule has 0 bridgehead atoms. The molecular weight excluding hydrogens is 540 g/mol. The number of nitrogens with zero attached hydrogens (tertiary/aromatic N) is 1. The first-order valence-corrected chi connectivity index (χ1v) is 12.8. The Balaban J connectivity index is 1.34. The molecule has 2 amide bonds. The van der Waals surface area contributed by atoms with Crippen molar-refractivity contribution in [2.24, 2.45) is 0 Å². The Hall–Kier alpha value is -3.95. The van der Waals surface area contributed by atoms with Crippen molar-refractivity contribution in [3.8, 4) is 17.0 Å². The van der Waals surface area contributed by atoms with Crippen LogP contribution in [0, 0.1) is 0 Å². The first-order chi connectivity index (χ1) is 17.5. The average Bonchev–Trinajstić information content (AvgIpc) is 3.52. The van der Waals surface area contributed by atoms with Gasteiger partial charge in [-0.2, -0.15) is 0 Å². The van der Waals surface area contributed by atoms with Crippen LogP contribution in [0.25, 0.3) is 22.2 Å². The maximum atomic E-state index is 13.3. The van der Waals surface area contributed by atoms with Crippen LogP contribution >= 0.6 is 27.3 Å². The van der Waals surface area contributed by atoms with Gasteiger partial charge in [-0.25, -0.2) is 9.78 Å². The minimum Gasteiger partial charge on any atom is -0.410 e. The monoisotopic (exact) mass is 560 g/mol. The zero-order chi connectivity index (χ0) is 24.9. The summed E-state index contributed by atoms with van der Waals surface area (Å²) in [5, 5.41) is 8.88. The number of fused-ring (bicyclic) bond motifs is 1. The van der Waals surface area contributed by atoms with E-state index in [1.165, 1.54) is 11.3 Å². The number of benzene rings is 3. The molecule has 0 spiro atoms. The molecule has 3 N–H and O–H groups in total. The lowest BCUT2D eigenvalue weighted by molar-refractivity contribution is -0.118. The molecule has 36 heavy (non-hydrogen) atoms. The summed E-state index contributed by atoms with van der Waals surface area (Å²) < 4.78 is 6.34. The molecule has 2 heterocycles. The molecule has 0 unspecified atom stereocenters. The fourth-order valence-electron chi connectivity index (χ4n) is 3.77. The molecule has 0 aliphatic carbocycles. The fraction of sp³-hybridized carbons (Fsp3) is 0.0741. The van der Waals surface area contributed by atoms with Gasteiger partial charge in [0.15, 0.2) is 5.13 Å². The summed E-state index contributed by atoms with van der Waals surface area (Å²) in [7, 11) is 0. The number of rotatable bonds is 7. The van der Waals surface area contributed by atoms with Gasteiger partial charge in [-0.1, -0.05) is 64.5 Å². The number of para-hydroxylation sites is 2. The lowest BCUT2D eigenvalue weighted by Crippen LogP contribution is -2.46. The Morgan fingerprint density at radius 3 is 2.56 bits per heavy atom. The highest BCUT2D eigenvalue weighted by Crippen LogP contribution is 2.26. The number of nitrogens with one attached hydrogen (secondary N) is 3. The van der Waals surface area contributed by atoms with Crippen molar-refractivity contribution in [1.29, 1.82) is 0 Å². The first-order valence-electron chi connectivity index (χ1n) is 11.2. The van der Waals surface area contributed by atoms with Crippen LogP contribution in [-0.2, 0) is 11.2 Å². The minimum absolute atomic E-state index is 0.269. The highest BCUT2D eigenvalue weighted by molar-refractivity contribution is 9.10. The number of amides is 2. The van der Waals surface area contributed by atoms with Crippen molar-refractivity contribution < 1.29 is 14.3 Å². The Morgan fingerprint density at radius 2 is 1.75 bits per heavy atom. The number of thiazole rings is 1. The van der Waals surface area contributed by atoms with Crippen molar-refractivity contribution in [1.82, 2.24) is 15.3 Å². The van der Waals surface area contributed by atoms with Crippen LogP contribution in [0.15, 0.2) is 94.9 Å². The highest BCUT2D eigenvalue weighted by atomic mass is 79.9. The van der Waals surface area contributed by atoms with Crippen molar-refractivity contribution in [2.45, 2.75) is 12.5 Å². The van der Waals surface area contributed by atoms with Gasteiger partial charge in [-0.3, -0.25) is 4.79 Å². The molecule has 0 saturated heterocycles. The normalized spacial score (nSPS) is 11.7. The van der Waals surface area contributed by atoms with Gasteiger partial charge >= 0.3 is 6.09 Å². The van der Waals surface area contributed by atoms with Gasteiger partial charge in [0.2, 0.25) is 5.91 Å². The fourth-order valence-corrected chi connectivity index (χ4v) is 4.76. The van der Waals surface area contributed by atoms with Crippen LogP contribution in [0.4, 0.5) is 9.93 Å². The summed E-state index contributed by atoms with van der Waals surface area (Å²) in [6.07, 6.45) is 1.41. The van der Waals surface area contributed by atoms with Crippen molar-refractivity contribution >= 4 is 55.3 Å². The molecule has 0 fully saturated rings. The average molecular weight is 561 g/mol. The number of hydrogen-bond acceptors (Lipinski definition) is 5. The zero-order valence-electron chi connectivity index (χ0n) is 18.9. The van der Waals surface area contributed by atoms with Gasteiger partial charge in [-0.05, 0) is 35.9 Å². The molecule has 180 valence electrons. The molecule has 0 aliphatic heterocycles. The van der Waals surface area contributed by atoms with Gasteiger partial charge in [0, 0.05) is 38.9 Å². The van der Waals surface area contributed by atoms with Crippen LogP contribution in [0.3, 0.4) is 0 Å². The summed E-state index contributed by atoms with van der Waals surface area (Å²) in [5.41, 5.74) is 3.56. The molecule has 0 saturated carbocycles. The maximum Gasteiger partial charge on any atom is 0.413 e. The Morgan fingerprint density at radius 1 is 1.00 bits per heavy atom. The van der Waals surface area contributed by atoms with E-state index in [4.69, 9.17) is 4.74 Å². The third-order valence-electron chi connectivity index (χ3n) is 5.54.